The zero-order valence-electron chi connectivity index (χ0n) is 17.7. The van der Waals surface area contributed by atoms with Gasteiger partial charge in [0.25, 0.3) is 0 Å². The summed E-state index contributed by atoms with van der Waals surface area (Å²) < 4.78 is 16.0. The zero-order chi connectivity index (χ0) is 23.5. The lowest BCUT2D eigenvalue weighted by atomic mass is 10.0. The summed E-state index contributed by atoms with van der Waals surface area (Å²) in [6.45, 7) is 0. The molecule has 168 valence electrons. The van der Waals surface area contributed by atoms with Gasteiger partial charge in [0, 0.05) is 16.8 Å². The maximum absolute atomic E-state index is 14.0. The Morgan fingerprint density at radius 2 is 1.65 bits per heavy atom. The van der Waals surface area contributed by atoms with E-state index in [0.29, 0.717) is 15.7 Å². The van der Waals surface area contributed by atoms with Gasteiger partial charge in [0.1, 0.15) is 5.82 Å². The van der Waals surface area contributed by atoms with Gasteiger partial charge >= 0.3 is 0 Å². The van der Waals surface area contributed by atoms with Crippen molar-refractivity contribution in [2.45, 2.75) is 9.59 Å². The Morgan fingerprint density at radius 3 is 2.41 bits per heavy atom. The summed E-state index contributed by atoms with van der Waals surface area (Å²) in [4.78, 5) is 9.26. The predicted octanol–water partition coefficient (Wildman–Crippen LogP) is 9.37. The number of nitrogens with zero attached hydrogens (tertiary/aromatic N) is 2. The van der Waals surface area contributed by atoms with Crippen LogP contribution in [0.1, 0.15) is 21.9 Å². The van der Waals surface area contributed by atoms with E-state index in [-0.39, 0.29) is 10.8 Å². The second kappa shape index (κ2) is 10.3. The topological polar surface area (TPSA) is 25.2 Å². The van der Waals surface area contributed by atoms with Gasteiger partial charge < -0.3 is 0 Å². The lowest BCUT2D eigenvalue weighted by Crippen LogP contribution is -1.96. The maximum atomic E-state index is 14.0. The van der Waals surface area contributed by atoms with Crippen molar-refractivity contribution in [1.29, 1.82) is 0 Å². The lowest BCUT2D eigenvalue weighted by molar-refractivity contribution is 0.626. The molecule has 0 aliphatic carbocycles. The molecule has 0 spiro atoms. The van der Waals surface area contributed by atoms with Gasteiger partial charge in [-0.2, -0.15) is 0 Å². The number of hydrogen-bond donors (Lipinski definition) is 0. The summed E-state index contributed by atoms with van der Waals surface area (Å²) in [5.41, 5.74) is 4.24. The minimum absolute atomic E-state index is 0.0831. The second-order valence-electron chi connectivity index (χ2n) is 7.49. The van der Waals surface area contributed by atoms with Crippen LogP contribution in [0.25, 0.3) is 10.2 Å². The summed E-state index contributed by atoms with van der Waals surface area (Å²) in [6.07, 6.45) is 1.46. The van der Waals surface area contributed by atoms with E-state index in [9.17, 15) is 4.39 Å². The molecule has 0 fully saturated rings. The predicted molar refractivity (Wildman–Crippen MR) is 144 cm³/mol. The van der Waals surface area contributed by atoms with Crippen molar-refractivity contribution < 1.29 is 4.39 Å². The normalized spacial score (nSPS) is 12.4. The number of hydrogen-bond acceptors (Lipinski definition) is 4. The van der Waals surface area contributed by atoms with E-state index in [0.717, 1.165) is 20.1 Å². The van der Waals surface area contributed by atoms with E-state index in [2.05, 4.69) is 29.3 Å². The van der Waals surface area contributed by atoms with Gasteiger partial charge in [-0.05, 0) is 53.6 Å². The third kappa shape index (κ3) is 5.18. The number of aromatic nitrogens is 1. The third-order valence-electron chi connectivity index (χ3n) is 5.19. The van der Waals surface area contributed by atoms with Gasteiger partial charge in [0.2, 0.25) is 0 Å². The largest absolute Gasteiger partial charge is 0.256 e. The molecule has 0 unspecified atom stereocenters. The zero-order valence-corrected chi connectivity index (χ0v) is 20.8. The van der Waals surface area contributed by atoms with Crippen LogP contribution in [0.15, 0.2) is 100 Å². The molecule has 4 aromatic carbocycles. The Kier molecular flexibility index (Phi) is 6.97. The SMILES string of the molecule is Fc1cccc(Cl)c1C=Nc1ccc2nc(S[C@H](c3ccccc3)c3ccc(Cl)cc3)sc2c1. The van der Waals surface area contributed by atoms with E-state index in [1.165, 1.54) is 17.8 Å². The monoisotopic (exact) mass is 522 g/mol. The van der Waals surface area contributed by atoms with Gasteiger partial charge in [-0.15, -0.1) is 11.3 Å². The van der Waals surface area contributed by atoms with E-state index >= 15 is 0 Å². The first kappa shape index (κ1) is 23.1. The third-order valence-corrected chi connectivity index (χ3v) is 8.19. The van der Waals surface area contributed by atoms with Crippen LogP contribution in [0.4, 0.5) is 10.1 Å². The molecular formula is C27H17Cl2FN2S2. The molecule has 2 nitrogen and oxygen atoms in total. The number of fused-ring (bicyclic) bond motifs is 1. The highest BCUT2D eigenvalue weighted by atomic mass is 35.5. The first-order chi connectivity index (χ1) is 16.6. The molecule has 5 rings (SSSR count). The van der Waals surface area contributed by atoms with Crippen molar-refractivity contribution in [1.82, 2.24) is 4.98 Å². The molecule has 0 amide bonds. The number of halogens is 3. The number of benzene rings is 4. The highest BCUT2D eigenvalue weighted by Crippen LogP contribution is 2.43. The first-order valence-electron chi connectivity index (χ1n) is 10.4. The lowest BCUT2D eigenvalue weighted by Gasteiger charge is -2.16. The van der Waals surface area contributed by atoms with Crippen LogP contribution < -0.4 is 0 Å². The van der Waals surface area contributed by atoms with Crippen molar-refractivity contribution in [2.75, 3.05) is 0 Å². The molecule has 0 N–H and O–H groups in total. The molecule has 34 heavy (non-hydrogen) atoms. The van der Waals surface area contributed by atoms with Crippen LogP contribution >= 0.6 is 46.3 Å². The molecule has 0 bridgehead atoms. The highest BCUT2D eigenvalue weighted by molar-refractivity contribution is 8.01. The molecule has 0 aliphatic heterocycles. The Bertz CT molecular complexity index is 1450. The fourth-order valence-electron chi connectivity index (χ4n) is 3.49. The van der Waals surface area contributed by atoms with E-state index in [1.54, 1.807) is 35.2 Å². The Balaban J connectivity index is 1.44. The van der Waals surface area contributed by atoms with Gasteiger partial charge in [0.05, 0.1) is 26.2 Å². The summed E-state index contributed by atoms with van der Waals surface area (Å²) in [5, 5.41) is 1.13. The van der Waals surface area contributed by atoms with Crippen molar-refractivity contribution in [2.24, 2.45) is 4.99 Å². The summed E-state index contributed by atoms with van der Waals surface area (Å²) in [7, 11) is 0. The number of thioether (sulfide) groups is 1. The summed E-state index contributed by atoms with van der Waals surface area (Å²) in [5.74, 6) is -0.400. The van der Waals surface area contributed by atoms with Crippen molar-refractivity contribution in [3.05, 3.63) is 124 Å². The van der Waals surface area contributed by atoms with E-state index in [4.69, 9.17) is 28.2 Å². The molecule has 0 saturated carbocycles. The van der Waals surface area contributed by atoms with Crippen molar-refractivity contribution >= 4 is 68.4 Å². The van der Waals surface area contributed by atoms with Crippen LogP contribution in [0.3, 0.4) is 0 Å². The molecule has 1 atom stereocenters. The van der Waals surface area contributed by atoms with Crippen LogP contribution in [0.5, 0.6) is 0 Å². The maximum Gasteiger partial charge on any atom is 0.152 e. The molecular weight excluding hydrogens is 506 g/mol. The highest BCUT2D eigenvalue weighted by Gasteiger charge is 2.18. The van der Waals surface area contributed by atoms with Crippen LogP contribution in [0.2, 0.25) is 10.0 Å². The van der Waals surface area contributed by atoms with Crippen molar-refractivity contribution in [3.8, 4) is 0 Å². The molecule has 7 heteroatoms. The molecule has 0 radical (unpaired) electrons. The van der Waals surface area contributed by atoms with E-state index < -0.39 is 5.82 Å². The smallest absolute Gasteiger partial charge is 0.152 e. The minimum Gasteiger partial charge on any atom is -0.256 e. The standard InChI is InChI=1S/C27H17Cl2FN2S2/c28-19-11-9-18(10-12-19)26(17-5-2-1-3-6-17)34-27-32-24-14-13-20(15-25(24)33-27)31-16-21-22(29)7-4-8-23(21)30/h1-16,26H/t26-/m1/s1. The number of aliphatic imine (C=N–C) groups is 1. The Morgan fingerprint density at radius 1 is 0.882 bits per heavy atom. The second-order valence-corrected chi connectivity index (χ2v) is 10.7. The first-order valence-corrected chi connectivity index (χ1v) is 12.9. The van der Waals surface area contributed by atoms with E-state index in [1.807, 2.05) is 48.5 Å². The molecule has 1 heterocycles. The van der Waals surface area contributed by atoms with Gasteiger partial charge in [0.15, 0.2) is 4.34 Å². The van der Waals surface area contributed by atoms with Crippen LogP contribution in [-0.2, 0) is 0 Å². The molecule has 5 aromatic rings. The Hall–Kier alpha value is -2.70. The van der Waals surface area contributed by atoms with Crippen LogP contribution in [0, 0.1) is 5.82 Å². The van der Waals surface area contributed by atoms with Crippen LogP contribution in [-0.4, -0.2) is 11.2 Å². The quantitative estimate of drug-likeness (QED) is 0.164. The minimum atomic E-state index is -0.400. The number of rotatable bonds is 6. The fraction of sp³-hybridized carbons (Fsp3) is 0.0370. The molecule has 1 aromatic heterocycles. The molecule has 0 saturated heterocycles. The van der Waals surface area contributed by atoms with Gasteiger partial charge in [-0.25, -0.2) is 9.37 Å². The average molecular weight is 523 g/mol. The van der Waals surface area contributed by atoms with Gasteiger partial charge in [-0.3, -0.25) is 4.99 Å². The average Bonchev–Trinajstić information content (AvgIpc) is 3.25. The van der Waals surface area contributed by atoms with Crippen molar-refractivity contribution in [3.63, 3.8) is 0 Å². The summed E-state index contributed by atoms with van der Waals surface area (Å²) >= 11 is 15.5. The Labute approximate surface area is 215 Å². The molecule has 0 aliphatic rings. The fourth-order valence-corrected chi connectivity index (χ4v) is 6.25. The van der Waals surface area contributed by atoms with Gasteiger partial charge in [-0.1, -0.05) is 83.5 Å². The summed E-state index contributed by atoms with van der Waals surface area (Å²) in [6, 6.07) is 28.7. The number of thiazole rings is 1.